The number of benzene rings is 1. The van der Waals surface area contributed by atoms with Crippen LogP contribution in [0.1, 0.15) is 56.5 Å². The van der Waals surface area contributed by atoms with Crippen LogP contribution in [0, 0.1) is 19.8 Å². The maximum Gasteiger partial charge on any atom is 0.327 e. The topological polar surface area (TPSA) is 61.0 Å². The standard InChI is InChI=1S/C21H32N4OS/c1-14(2)13-27-24-21(26)25(17-7-5-6-8-17)10-9-20-22-18-11-15(3)16(4)12-19(18)23-20/h11-12,14,17H,5-10,13H2,1-4H3,(H,22,23)(H,24,26). The third-order valence-electron chi connectivity index (χ3n) is 5.34. The summed E-state index contributed by atoms with van der Waals surface area (Å²) in [6.45, 7) is 9.27. The number of urea groups is 1. The number of aryl methyl sites for hydroxylation is 2. The molecule has 0 radical (unpaired) electrons. The van der Waals surface area contributed by atoms with Crippen molar-refractivity contribution >= 4 is 29.0 Å². The number of nitrogens with zero attached hydrogens (tertiary/aromatic N) is 2. The van der Waals surface area contributed by atoms with Gasteiger partial charge in [0, 0.05) is 24.8 Å². The van der Waals surface area contributed by atoms with E-state index in [2.05, 4.69) is 49.5 Å². The molecule has 1 aromatic carbocycles. The summed E-state index contributed by atoms with van der Waals surface area (Å²) < 4.78 is 3.04. The predicted molar refractivity (Wildman–Crippen MR) is 114 cm³/mol. The number of rotatable bonds is 7. The van der Waals surface area contributed by atoms with Crippen molar-refractivity contribution in [3.05, 3.63) is 29.1 Å². The van der Waals surface area contributed by atoms with Crippen LogP contribution in [0.3, 0.4) is 0 Å². The minimum absolute atomic E-state index is 0.0513. The monoisotopic (exact) mass is 388 g/mol. The predicted octanol–water partition coefficient (Wildman–Crippen LogP) is 4.98. The van der Waals surface area contributed by atoms with Crippen LogP contribution in [0.25, 0.3) is 11.0 Å². The molecular weight excluding hydrogens is 356 g/mol. The molecule has 2 amide bonds. The number of H-pyrrole nitrogens is 1. The lowest BCUT2D eigenvalue weighted by molar-refractivity contribution is 0.182. The molecule has 0 spiro atoms. The molecule has 1 fully saturated rings. The van der Waals surface area contributed by atoms with Gasteiger partial charge in [0.05, 0.1) is 11.0 Å². The molecular formula is C21H32N4OS. The van der Waals surface area contributed by atoms with Crippen molar-refractivity contribution in [1.82, 2.24) is 19.6 Å². The van der Waals surface area contributed by atoms with Gasteiger partial charge in [-0.15, -0.1) is 0 Å². The number of fused-ring (bicyclic) bond motifs is 1. The molecule has 6 heteroatoms. The van der Waals surface area contributed by atoms with Crippen LogP contribution in [-0.2, 0) is 6.42 Å². The van der Waals surface area contributed by atoms with E-state index in [9.17, 15) is 4.79 Å². The normalized spacial score (nSPS) is 15.0. The van der Waals surface area contributed by atoms with E-state index in [0.29, 0.717) is 18.5 Å². The third-order valence-corrected chi connectivity index (χ3v) is 6.49. The molecule has 0 unspecified atom stereocenters. The lowest BCUT2D eigenvalue weighted by Crippen LogP contribution is -2.44. The first kappa shape index (κ1) is 20.1. The van der Waals surface area contributed by atoms with E-state index < -0.39 is 0 Å². The second-order valence-electron chi connectivity index (χ2n) is 8.13. The van der Waals surface area contributed by atoms with Gasteiger partial charge in [-0.3, -0.25) is 4.72 Å². The lowest BCUT2D eigenvalue weighted by atomic mass is 10.1. The van der Waals surface area contributed by atoms with E-state index in [0.717, 1.165) is 41.9 Å². The SMILES string of the molecule is Cc1cc2nc(CCN(C(=O)NSCC(C)C)C3CCCC3)[nH]c2cc1C. The van der Waals surface area contributed by atoms with Crippen molar-refractivity contribution in [2.24, 2.45) is 5.92 Å². The Balaban J connectivity index is 1.65. The van der Waals surface area contributed by atoms with Crippen molar-refractivity contribution < 1.29 is 4.79 Å². The number of aromatic amines is 1. The van der Waals surface area contributed by atoms with Crippen LogP contribution in [-0.4, -0.2) is 39.2 Å². The zero-order valence-electron chi connectivity index (χ0n) is 17.0. The molecule has 0 saturated heterocycles. The summed E-state index contributed by atoms with van der Waals surface area (Å²) >= 11 is 1.52. The Kier molecular flexibility index (Phi) is 6.68. The average Bonchev–Trinajstić information content (AvgIpc) is 3.25. The molecule has 1 aliphatic carbocycles. The van der Waals surface area contributed by atoms with Gasteiger partial charge in [0.25, 0.3) is 0 Å². The number of hydrogen-bond acceptors (Lipinski definition) is 3. The summed E-state index contributed by atoms with van der Waals surface area (Å²) in [6, 6.07) is 4.70. The van der Waals surface area contributed by atoms with Crippen molar-refractivity contribution in [2.75, 3.05) is 12.3 Å². The van der Waals surface area contributed by atoms with Gasteiger partial charge >= 0.3 is 6.03 Å². The van der Waals surface area contributed by atoms with Crippen LogP contribution < -0.4 is 4.72 Å². The molecule has 0 aliphatic heterocycles. The fourth-order valence-corrected chi connectivity index (χ4v) is 4.32. The minimum atomic E-state index is 0.0513. The zero-order valence-corrected chi connectivity index (χ0v) is 17.8. The number of carbonyl (C=O) groups excluding carboxylic acids is 1. The zero-order chi connectivity index (χ0) is 19.4. The van der Waals surface area contributed by atoms with Gasteiger partial charge in [0.2, 0.25) is 0 Å². The van der Waals surface area contributed by atoms with Gasteiger partial charge in [-0.2, -0.15) is 0 Å². The van der Waals surface area contributed by atoms with Gasteiger partial charge in [-0.1, -0.05) is 26.7 Å². The fraction of sp³-hybridized carbons (Fsp3) is 0.619. The Morgan fingerprint density at radius 3 is 2.70 bits per heavy atom. The Morgan fingerprint density at radius 2 is 2.00 bits per heavy atom. The molecule has 3 rings (SSSR count). The number of hydrogen-bond donors (Lipinski definition) is 2. The van der Waals surface area contributed by atoms with Crippen LogP contribution in [0.2, 0.25) is 0 Å². The molecule has 2 N–H and O–H groups in total. The van der Waals surface area contributed by atoms with Crippen LogP contribution in [0.15, 0.2) is 12.1 Å². The van der Waals surface area contributed by atoms with Crippen molar-refractivity contribution in [3.8, 4) is 0 Å². The highest BCUT2D eigenvalue weighted by Crippen LogP contribution is 2.24. The molecule has 0 atom stereocenters. The maximum absolute atomic E-state index is 12.8. The van der Waals surface area contributed by atoms with Gasteiger partial charge in [0.15, 0.2) is 0 Å². The van der Waals surface area contributed by atoms with Crippen LogP contribution in [0.4, 0.5) is 4.79 Å². The van der Waals surface area contributed by atoms with Gasteiger partial charge in [-0.25, -0.2) is 9.78 Å². The first-order valence-electron chi connectivity index (χ1n) is 10.1. The fourth-order valence-electron chi connectivity index (χ4n) is 3.66. The molecule has 27 heavy (non-hydrogen) atoms. The van der Waals surface area contributed by atoms with Crippen molar-refractivity contribution in [1.29, 1.82) is 0 Å². The van der Waals surface area contributed by atoms with E-state index in [1.807, 2.05) is 4.90 Å². The highest BCUT2D eigenvalue weighted by atomic mass is 32.2. The molecule has 1 aromatic heterocycles. The number of aromatic nitrogens is 2. The molecule has 0 bridgehead atoms. The Hall–Kier alpha value is -1.69. The Morgan fingerprint density at radius 1 is 1.30 bits per heavy atom. The number of nitrogens with one attached hydrogen (secondary N) is 2. The van der Waals surface area contributed by atoms with Crippen molar-refractivity contribution in [3.63, 3.8) is 0 Å². The first-order valence-corrected chi connectivity index (χ1v) is 11.1. The van der Waals surface area contributed by atoms with Gasteiger partial charge < -0.3 is 9.88 Å². The van der Waals surface area contributed by atoms with Crippen LogP contribution in [0.5, 0.6) is 0 Å². The number of carbonyl (C=O) groups is 1. The first-order chi connectivity index (χ1) is 12.9. The lowest BCUT2D eigenvalue weighted by Gasteiger charge is -2.28. The third kappa shape index (κ3) is 5.18. The number of amides is 2. The summed E-state index contributed by atoms with van der Waals surface area (Å²) in [5.41, 5.74) is 4.62. The Labute approximate surface area is 166 Å². The minimum Gasteiger partial charge on any atom is -0.342 e. The van der Waals surface area contributed by atoms with E-state index in [1.54, 1.807) is 0 Å². The van der Waals surface area contributed by atoms with Gasteiger partial charge in [0.1, 0.15) is 5.82 Å². The maximum atomic E-state index is 12.8. The Bertz CT molecular complexity index is 741. The summed E-state index contributed by atoms with van der Waals surface area (Å²) in [5.74, 6) is 2.46. The van der Waals surface area contributed by atoms with E-state index in [4.69, 9.17) is 4.98 Å². The quantitative estimate of drug-likeness (QED) is 0.658. The van der Waals surface area contributed by atoms with E-state index in [-0.39, 0.29) is 6.03 Å². The largest absolute Gasteiger partial charge is 0.342 e. The summed E-state index contributed by atoms with van der Waals surface area (Å²) in [6.07, 6.45) is 5.42. The number of imidazole rings is 1. The molecule has 1 aliphatic rings. The van der Waals surface area contributed by atoms with Crippen LogP contribution >= 0.6 is 11.9 Å². The molecule has 148 valence electrons. The van der Waals surface area contributed by atoms with Crippen molar-refractivity contribution in [2.45, 2.75) is 65.8 Å². The molecule has 1 saturated carbocycles. The highest BCUT2D eigenvalue weighted by Gasteiger charge is 2.26. The smallest absolute Gasteiger partial charge is 0.327 e. The summed E-state index contributed by atoms with van der Waals surface area (Å²) in [4.78, 5) is 23.0. The summed E-state index contributed by atoms with van der Waals surface area (Å²) in [5, 5.41) is 0. The van der Waals surface area contributed by atoms with E-state index in [1.165, 1.54) is 35.9 Å². The highest BCUT2D eigenvalue weighted by molar-refractivity contribution is 7.97. The van der Waals surface area contributed by atoms with E-state index >= 15 is 0 Å². The second-order valence-corrected chi connectivity index (χ2v) is 8.96. The molecule has 1 heterocycles. The van der Waals surface area contributed by atoms with Gasteiger partial charge in [-0.05, 0) is 67.8 Å². The molecule has 5 nitrogen and oxygen atoms in total. The second kappa shape index (κ2) is 9.00. The average molecular weight is 389 g/mol. The molecule has 2 aromatic rings. The summed E-state index contributed by atoms with van der Waals surface area (Å²) in [7, 11) is 0.